The van der Waals surface area contributed by atoms with Crippen molar-refractivity contribution in [3.05, 3.63) is 18.0 Å². The fourth-order valence-electron chi connectivity index (χ4n) is 1.80. The predicted molar refractivity (Wildman–Crippen MR) is 75.0 cm³/mol. The number of hydrogen-bond acceptors (Lipinski definition) is 4. The van der Waals surface area contributed by atoms with Crippen molar-refractivity contribution in [1.82, 2.24) is 20.0 Å². The fourth-order valence-corrected chi connectivity index (χ4v) is 1.80. The van der Waals surface area contributed by atoms with Crippen LogP contribution in [0, 0.1) is 0 Å². The van der Waals surface area contributed by atoms with E-state index in [2.05, 4.69) is 32.9 Å². The van der Waals surface area contributed by atoms with E-state index in [-0.39, 0.29) is 0 Å². The van der Waals surface area contributed by atoms with Gasteiger partial charge in [-0.2, -0.15) is 10.2 Å². The molecule has 0 spiro atoms. The quantitative estimate of drug-likeness (QED) is 0.776. The van der Waals surface area contributed by atoms with E-state index in [1.165, 1.54) is 13.3 Å². The lowest BCUT2D eigenvalue weighted by Gasteiger charge is -2.06. The molecule has 2 aromatic heterocycles. The van der Waals surface area contributed by atoms with Crippen molar-refractivity contribution in [3.63, 3.8) is 0 Å². The highest BCUT2D eigenvalue weighted by molar-refractivity contribution is 5.99. The molecule has 3 N–H and O–H groups in total. The van der Waals surface area contributed by atoms with Crippen LogP contribution in [0.4, 0.5) is 16.4 Å². The number of rotatable bonds is 5. The van der Waals surface area contributed by atoms with Gasteiger partial charge in [0.25, 0.3) is 0 Å². The summed E-state index contributed by atoms with van der Waals surface area (Å²) >= 11 is 0. The summed E-state index contributed by atoms with van der Waals surface area (Å²) in [6.45, 7) is 2.08. The van der Waals surface area contributed by atoms with Gasteiger partial charge in [0.05, 0.1) is 19.0 Å². The number of amides is 2. The number of carbonyl (C=O) groups is 1. The first kappa shape index (κ1) is 13.9. The second-order valence-electron chi connectivity index (χ2n) is 4.29. The van der Waals surface area contributed by atoms with Crippen LogP contribution in [0.25, 0.3) is 0 Å². The Morgan fingerprint density at radius 1 is 1.50 bits per heavy atom. The summed E-state index contributed by atoms with van der Waals surface area (Å²) in [6, 6.07) is 1.46. The number of aryl methyl sites for hydroxylation is 2. The number of H-pyrrole nitrogens is 1. The maximum atomic E-state index is 11.9. The summed E-state index contributed by atoms with van der Waals surface area (Å²) in [5.41, 5.74) is 0.949. The van der Waals surface area contributed by atoms with Gasteiger partial charge in [-0.3, -0.25) is 20.4 Å². The van der Waals surface area contributed by atoms with E-state index in [0.29, 0.717) is 17.4 Å². The average molecular weight is 278 g/mol. The minimum atomic E-state index is -0.390. The first-order valence-corrected chi connectivity index (χ1v) is 6.32. The Balaban J connectivity index is 2.01. The minimum absolute atomic E-state index is 0.390. The van der Waals surface area contributed by atoms with Gasteiger partial charge < -0.3 is 4.74 Å². The van der Waals surface area contributed by atoms with E-state index in [4.69, 9.17) is 4.74 Å². The summed E-state index contributed by atoms with van der Waals surface area (Å²) in [5, 5.41) is 16.1. The van der Waals surface area contributed by atoms with E-state index in [0.717, 1.165) is 18.5 Å². The molecule has 2 amide bonds. The van der Waals surface area contributed by atoms with Crippen LogP contribution in [0.15, 0.2) is 12.3 Å². The highest BCUT2D eigenvalue weighted by Gasteiger charge is 2.12. The van der Waals surface area contributed by atoms with Crippen LogP contribution in [0.5, 0.6) is 5.75 Å². The van der Waals surface area contributed by atoms with Gasteiger partial charge >= 0.3 is 6.03 Å². The van der Waals surface area contributed by atoms with Crippen LogP contribution in [-0.4, -0.2) is 33.1 Å². The molecular formula is C12H18N6O2. The second kappa shape index (κ2) is 6.09. The number of hydrogen-bond donors (Lipinski definition) is 3. The molecule has 0 fully saturated rings. The first-order chi connectivity index (χ1) is 9.63. The number of ether oxygens (including phenoxy) is 1. The molecular weight excluding hydrogens is 260 g/mol. The van der Waals surface area contributed by atoms with Gasteiger partial charge in [0.2, 0.25) is 0 Å². The van der Waals surface area contributed by atoms with Crippen LogP contribution < -0.4 is 15.4 Å². The highest BCUT2D eigenvalue weighted by atomic mass is 16.5. The summed E-state index contributed by atoms with van der Waals surface area (Å²) in [6.07, 6.45) is 3.37. The standard InChI is InChI=1S/C12H18N6O2/c1-4-5-8-6-10(18(2)17-8)14-12(19)15-11-9(20-3)7-13-16-11/h6-7H,4-5H2,1-3H3,(H3,13,14,15,16,19). The molecule has 0 saturated heterocycles. The summed E-state index contributed by atoms with van der Waals surface area (Å²) < 4.78 is 6.68. The Hall–Kier alpha value is -2.51. The number of urea groups is 1. The van der Waals surface area contributed by atoms with Gasteiger partial charge in [-0.25, -0.2) is 4.79 Å². The topological polar surface area (TPSA) is 96.9 Å². The smallest absolute Gasteiger partial charge is 0.326 e. The van der Waals surface area contributed by atoms with Gasteiger partial charge in [0.15, 0.2) is 11.6 Å². The van der Waals surface area contributed by atoms with E-state index < -0.39 is 6.03 Å². The molecule has 2 aromatic rings. The molecule has 2 rings (SSSR count). The Kier molecular flexibility index (Phi) is 4.24. The molecule has 0 radical (unpaired) electrons. The Morgan fingerprint density at radius 2 is 2.30 bits per heavy atom. The molecule has 2 heterocycles. The molecule has 8 heteroatoms. The van der Waals surface area contributed by atoms with Crippen molar-refractivity contribution in [2.45, 2.75) is 19.8 Å². The number of carbonyl (C=O) groups excluding carboxylic acids is 1. The van der Waals surface area contributed by atoms with Gasteiger partial charge in [0.1, 0.15) is 5.82 Å². The lowest BCUT2D eigenvalue weighted by molar-refractivity contribution is 0.261. The molecule has 0 unspecified atom stereocenters. The second-order valence-corrected chi connectivity index (χ2v) is 4.29. The van der Waals surface area contributed by atoms with Gasteiger partial charge in [0, 0.05) is 13.1 Å². The van der Waals surface area contributed by atoms with E-state index >= 15 is 0 Å². The van der Waals surface area contributed by atoms with E-state index in [1.54, 1.807) is 11.7 Å². The van der Waals surface area contributed by atoms with Crippen LogP contribution in [0.3, 0.4) is 0 Å². The largest absolute Gasteiger partial charge is 0.491 e. The average Bonchev–Trinajstić information content (AvgIpc) is 2.97. The lowest BCUT2D eigenvalue weighted by atomic mass is 10.2. The first-order valence-electron chi connectivity index (χ1n) is 6.32. The molecule has 108 valence electrons. The Morgan fingerprint density at radius 3 is 3.00 bits per heavy atom. The van der Waals surface area contributed by atoms with Crippen LogP contribution >= 0.6 is 0 Å². The third kappa shape index (κ3) is 3.08. The summed E-state index contributed by atoms with van der Waals surface area (Å²) in [4.78, 5) is 11.9. The zero-order valence-corrected chi connectivity index (χ0v) is 11.7. The number of nitrogens with one attached hydrogen (secondary N) is 3. The Labute approximate surface area is 116 Å². The normalized spacial score (nSPS) is 10.3. The van der Waals surface area contributed by atoms with Crippen LogP contribution in [0.2, 0.25) is 0 Å². The number of nitrogens with zero attached hydrogens (tertiary/aromatic N) is 3. The van der Waals surface area contributed by atoms with Crippen molar-refractivity contribution in [2.75, 3.05) is 17.7 Å². The van der Waals surface area contributed by atoms with Crippen molar-refractivity contribution in [3.8, 4) is 5.75 Å². The third-order valence-corrected chi connectivity index (χ3v) is 2.74. The van der Waals surface area contributed by atoms with Crippen molar-refractivity contribution < 1.29 is 9.53 Å². The minimum Gasteiger partial charge on any atom is -0.491 e. The lowest BCUT2D eigenvalue weighted by Crippen LogP contribution is -2.21. The third-order valence-electron chi connectivity index (χ3n) is 2.74. The van der Waals surface area contributed by atoms with Gasteiger partial charge in [-0.05, 0) is 6.42 Å². The van der Waals surface area contributed by atoms with Crippen molar-refractivity contribution in [1.29, 1.82) is 0 Å². The van der Waals surface area contributed by atoms with Crippen LogP contribution in [-0.2, 0) is 13.5 Å². The number of methoxy groups -OCH3 is 1. The molecule has 0 saturated carbocycles. The molecule has 20 heavy (non-hydrogen) atoms. The zero-order valence-electron chi connectivity index (χ0n) is 11.7. The van der Waals surface area contributed by atoms with Crippen LogP contribution in [0.1, 0.15) is 19.0 Å². The predicted octanol–water partition coefficient (Wildman–Crippen LogP) is 1.75. The van der Waals surface area contributed by atoms with E-state index in [1.807, 2.05) is 6.07 Å². The monoisotopic (exact) mass is 278 g/mol. The van der Waals surface area contributed by atoms with E-state index in [9.17, 15) is 4.79 Å². The fraction of sp³-hybridized carbons (Fsp3) is 0.417. The highest BCUT2D eigenvalue weighted by Crippen LogP contribution is 2.20. The number of anilines is 2. The molecule has 8 nitrogen and oxygen atoms in total. The number of aromatic nitrogens is 4. The molecule has 0 aromatic carbocycles. The molecule has 0 atom stereocenters. The maximum Gasteiger partial charge on any atom is 0.326 e. The van der Waals surface area contributed by atoms with Crippen molar-refractivity contribution in [2.24, 2.45) is 7.05 Å². The van der Waals surface area contributed by atoms with Crippen molar-refractivity contribution >= 4 is 17.7 Å². The number of aromatic amines is 1. The molecule has 0 aliphatic heterocycles. The summed E-state index contributed by atoms with van der Waals surface area (Å²) in [5.74, 6) is 1.50. The Bertz CT molecular complexity index is 589. The van der Waals surface area contributed by atoms with Gasteiger partial charge in [-0.1, -0.05) is 13.3 Å². The zero-order chi connectivity index (χ0) is 14.5. The SMILES string of the molecule is CCCc1cc(NC(=O)Nc2[nH]ncc2OC)n(C)n1. The molecule has 0 bridgehead atoms. The molecule has 0 aliphatic rings. The summed E-state index contributed by atoms with van der Waals surface area (Å²) in [7, 11) is 3.29. The maximum absolute atomic E-state index is 11.9. The molecule has 0 aliphatic carbocycles. The van der Waals surface area contributed by atoms with Gasteiger partial charge in [-0.15, -0.1) is 0 Å².